The summed E-state index contributed by atoms with van der Waals surface area (Å²) >= 11 is 0. The van der Waals surface area contributed by atoms with E-state index < -0.39 is 0 Å². The second kappa shape index (κ2) is 5.88. The summed E-state index contributed by atoms with van der Waals surface area (Å²) in [5, 5.41) is 3.02. The molecule has 1 saturated carbocycles. The summed E-state index contributed by atoms with van der Waals surface area (Å²) in [5.41, 5.74) is 2.20. The van der Waals surface area contributed by atoms with E-state index in [-0.39, 0.29) is 17.9 Å². The molecule has 0 aromatic heterocycles. The third-order valence-corrected chi connectivity index (χ3v) is 4.28. The molecule has 1 unspecified atom stereocenters. The molecule has 1 heterocycles. The van der Waals surface area contributed by atoms with Crippen molar-refractivity contribution in [1.82, 2.24) is 10.2 Å². The lowest BCUT2D eigenvalue weighted by molar-refractivity contribution is -0.138. The topological polar surface area (TPSA) is 49.4 Å². The van der Waals surface area contributed by atoms with Gasteiger partial charge >= 0.3 is 0 Å². The summed E-state index contributed by atoms with van der Waals surface area (Å²) < 4.78 is 0. The molecule has 1 aromatic rings. The van der Waals surface area contributed by atoms with Gasteiger partial charge in [-0.05, 0) is 38.2 Å². The van der Waals surface area contributed by atoms with E-state index in [4.69, 9.17) is 0 Å². The Bertz CT molecular complexity index is 534. The maximum Gasteiger partial charge on any atom is 0.243 e. The van der Waals surface area contributed by atoms with E-state index in [0.29, 0.717) is 19.0 Å². The number of aryl methyl sites for hydroxylation is 1. The van der Waals surface area contributed by atoms with Crippen molar-refractivity contribution in [2.45, 2.75) is 51.1 Å². The lowest BCUT2D eigenvalue weighted by Crippen LogP contribution is -2.47. The van der Waals surface area contributed by atoms with Gasteiger partial charge in [0.25, 0.3) is 0 Å². The van der Waals surface area contributed by atoms with Crippen LogP contribution in [0, 0.1) is 6.92 Å². The Labute approximate surface area is 125 Å². The van der Waals surface area contributed by atoms with Crippen molar-refractivity contribution < 1.29 is 9.59 Å². The maximum atomic E-state index is 12.5. The Morgan fingerprint density at radius 3 is 2.57 bits per heavy atom. The number of rotatable bonds is 4. The molecule has 4 heteroatoms. The lowest BCUT2D eigenvalue weighted by atomic mass is 10.1. The second-order valence-electron chi connectivity index (χ2n) is 6.19. The van der Waals surface area contributed by atoms with Crippen LogP contribution in [0.2, 0.25) is 0 Å². The molecule has 2 fully saturated rings. The maximum absolute atomic E-state index is 12.5. The molecule has 0 radical (unpaired) electrons. The van der Waals surface area contributed by atoms with E-state index in [1.54, 1.807) is 4.90 Å². The summed E-state index contributed by atoms with van der Waals surface area (Å²) in [7, 11) is 0. The second-order valence-corrected chi connectivity index (χ2v) is 6.19. The Kier molecular flexibility index (Phi) is 3.95. The van der Waals surface area contributed by atoms with Crippen LogP contribution in [0.5, 0.6) is 0 Å². The van der Waals surface area contributed by atoms with Gasteiger partial charge in [-0.15, -0.1) is 0 Å². The first-order valence-corrected chi connectivity index (χ1v) is 7.79. The van der Waals surface area contributed by atoms with Crippen LogP contribution in [0.1, 0.15) is 36.8 Å². The van der Waals surface area contributed by atoms with Gasteiger partial charge < -0.3 is 10.2 Å². The number of carbonyl (C=O) groups excluding carboxylic acids is 2. The molecule has 0 bridgehead atoms. The van der Waals surface area contributed by atoms with E-state index in [1.165, 1.54) is 5.56 Å². The highest BCUT2D eigenvalue weighted by Crippen LogP contribution is 2.23. The van der Waals surface area contributed by atoms with E-state index >= 15 is 0 Å². The number of amides is 2. The summed E-state index contributed by atoms with van der Waals surface area (Å²) in [6.45, 7) is 2.73. The van der Waals surface area contributed by atoms with E-state index in [0.717, 1.165) is 31.2 Å². The quantitative estimate of drug-likeness (QED) is 0.917. The number of carbonyl (C=O) groups is 2. The molecule has 1 N–H and O–H groups in total. The molecule has 1 saturated heterocycles. The first kappa shape index (κ1) is 14.1. The van der Waals surface area contributed by atoms with Crippen molar-refractivity contribution in [3.63, 3.8) is 0 Å². The molecule has 3 rings (SSSR count). The number of hydrogen-bond donors (Lipinski definition) is 1. The molecule has 21 heavy (non-hydrogen) atoms. The highest BCUT2D eigenvalue weighted by atomic mass is 16.2. The van der Waals surface area contributed by atoms with Crippen molar-refractivity contribution >= 4 is 11.8 Å². The molecule has 2 amide bonds. The first-order valence-electron chi connectivity index (χ1n) is 7.79. The Balaban J connectivity index is 1.62. The predicted molar refractivity (Wildman–Crippen MR) is 80.8 cm³/mol. The number of hydrogen-bond acceptors (Lipinski definition) is 2. The summed E-state index contributed by atoms with van der Waals surface area (Å²) in [4.78, 5) is 26.4. The molecular weight excluding hydrogens is 264 g/mol. The minimum Gasteiger partial charge on any atom is -0.352 e. The van der Waals surface area contributed by atoms with Crippen LogP contribution >= 0.6 is 0 Å². The zero-order chi connectivity index (χ0) is 14.8. The Morgan fingerprint density at radius 1 is 1.19 bits per heavy atom. The largest absolute Gasteiger partial charge is 0.352 e. The van der Waals surface area contributed by atoms with Crippen LogP contribution in [-0.4, -0.2) is 35.3 Å². The van der Waals surface area contributed by atoms with E-state index in [2.05, 4.69) is 5.32 Å². The normalized spacial score (nSPS) is 21.4. The van der Waals surface area contributed by atoms with Crippen LogP contribution in [0.4, 0.5) is 0 Å². The molecular formula is C17H22N2O2. The molecule has 2 aliphatic rings. The minimum atomic E-state index is -0.261. The smallest absolute Gasteiger partial charge is 0.243 e. The average molecular weight is 286 g/mol. The summed E-state index contributed by atoms with van der Waals surface area (Å²) in [6, 6.07) is 8.11. The molecule has 4 nitrogen and oxygen atoms in total. The average Bonchev–Trinajstić information content (AvgIpc) is 3.13. The van der Waals surface area contributed by atoms with Gasteiger partial charge in [-0.1, -0.05) is 29.8 Å². The fourth-order valence-corrected chi connectivity index (χ4v) is 2.84. The lowest BCUT2D eigenvalue weighted by Gasteiger charge is -2.24. The molecule has 1 aliphatic heterocycles. The highest BCUT2D eigenvalue weighted by molar-refractivity contribution is 5.89. The minimum absolute atomic E-state index is 0.0345. The molecule has 1 atom stereocenters. The highest BCUT2D eigenvalue weighted by Gasteiger charge is 2.36. The van der Waals surface area contributed by atoms with Crippen molar-refractivity contribution in [3.05, 3.63) is 35.4 Å². The third-order valence-electron chi connectivity index (χ3n) is 4.28. The Hall–Kier alpha value is -1.84. The third kappa shape index (κ3) is 3.43. The molecule has 1 aliphatic carbocycles. The van der Waals surface area contributed by atoms with Gasteiger partial charge in [-0.25, -0.2) is 0 Å². The number of benzene rings is 1. The number of likely N-dealkylation sites (tertiary alicyclic amines) is 1. The van der Waals surface area contributed by atoms with Crippen molar-refractivity contribution in [2.24, 2.45) is 0 Å². The van der Waals surface area contributed by atoms with Crippen molar-refractivity contribution in [1.29, 1.82) is 0 Å². The zero-order valence-electron chi connectivity index (χ0n) is 12.5. The van der Waals surface area contributed by atoms with Crippen molar-refractivity contribution in [2.75, 3.05) is 6.54 Å². The van der Waals surface area contributed by atoms with Crippen molar-refractivity contribution in [3.8, 4) is 0 Å². The van der Waals surface area contributed by atoms with Crippen LogP contribution in [0.15, 0.2) is 24.3 Å². The predicted octanol–water partition coefficient (Wildman–Crippen LogP) is 1.81. The van der Waals surface area contributed by atoms with Gasteiger partial charge in [0, 0.05) is 12.6 Å². The van der Waals surface area contributed by atoms with E-state index in [9.17, 15) is 9.59 Å². The monoisotopic (exact) mass is 286 g/mol. The van der Waals surface area contributed by atoms with Gasteiger partial charge in [0.2, 0.25) is 11.8 Å². The van der Waals surface area contributed by atoms with Gasteiger partial charge in [-0.3, -0.25) is 9.59 Å². The van der Waals surface area contributed by atoms with Crippen LogP contribution < -0.4 is 5.32 Å². The number of nitrogens with zero attached hydrogens (tertiary/aromatic N) is 1. The van der Waals surface area contributed by atoms with Crippen LogP contribution in [-0.2, 0) is 16.0 Å². The molecule has 0 spiro atoms. The van der Waals surface area contributed by atoms with E-state index in [1.807, 2.05) is 31.2 Å². The Morgan fingerprint density at radius 2 is 1.90 bits per heavy atom. The summed E-state index contributed by atoms with van der Waals surface area (Å²) in [5.74, 6) is 0.0968. The van der Waals surface area contributed by atoms with Gasteiger partial charge in [0.15, 0.2) is 0 Å². The van der Waals surface area contributed by atoms with Gasteiger partial charge in [0.1, 0.15) is 6.04 Å². The van der Waals surface area contributed by atoms with Gasteiger partial charge in [0.05, 0.1) is 6.42 Å². The standard InChI is InChI=1S/C17H22N2O2/c1-12-4-6-13(7-5-12)11-16(20)19-10-2-3-15(19)17(21)18-14-8-9-14/h4-7,14-15H,2-3,8-11H2,1H3,(H,18,21). The van der Waals surface area contributed by atoms with Crippen LogP contribution in [0.3, 0.4) is 0 Å². The first-order chi connectivity index (χ1) is 10.1. The fraction of sp³-hybridized carbons (Fsp3) is 0.529. The SMILES string of the molecule is Cc1ccc(CC(=O)N2CCCC2C(=O)NC2CC2)cc1. The molecule has 1 aromatic carbocycles. The van der Waals surface area contributed by atoms with Gasteiger partial charge in [-0.2, -0.15) is 0 Å². The fourth-order valence-electron chi connectivity index (χ4n) is 2.84. The number of nitrogens with one attached hydrogen (secondary N) is 1. The summed E-state index contributed by atoms with van der Waals surface area (Å²) in [6.07, 6.45) is 4.25. The van der Waals surface area contributed by atoms with Crippen LogP contribution in [0.25, 0.3) is 0 Å². The zero-order valence-corrected chi connectivity index (χ0v) is 12.5. The molecule has 112 valence electrons.